The number of carbonyl (C=O) groups excluding carboxylic acids is 1. The molecule has 0 aliphatic carbocycles. The molecule has 3 aromatic rings. The van der Waals surface area contributed by atoms with Crippen LogP contribution in [-0.4, -0.2) is 37.2 Å². The number of sulfonamides is 1. The van der Waals surface area contributed by atoms with E-state index in [1.54, 1.807) is 63.2 Å². The van der Waals surface area contributed by atoms with Crippen LogP contribution in [-0.2, 0) is 38.8 Å². The average molecular weight is 580 g/mol. The van der Waals surface area contributed by atoms with Gasteiger partial charge in [0.1, 0.15) is 17.2 Å². The Morgan fingerprint density at radius 2 is 1.52 bits per heavy atom. The second-order valence-electron chi connectivity index (χ2n) is 9.74. The molecule has 216 valence electrons. The van der Waals surface area contributed by atoms with Gasteiger partial charge in [-0.2, -0.15) is 17.5 Å². The third-order valence-corrected chi connectivity index (χ3v) is 7.08. The number of aryl methyl sites for hydroxylation is 1. The predicted octanol–water partition coefficient (Wildman–Crippen LogP) is 6.49. The van der Waals surface area contributed by atoms with Crippen LogP contribution in [0.15, 0.2) is 66.7 Å². The van der Waals surface area contributed by atoms with Gasteiger partial charge in [-0.3, -0.25) is 0 Å². The predicted molar refractivity (Wildman–Crippen MR) is 145 cm³/mol. The van der Waals surface area contributed by atoms with Crippen molar-refractivity contribution in [3.8, 4) is 17.2 Å². The Kier molecular flexibility index (Phi) is 9.52. The first kappa shape index (κ1) is 31.0. The minimum Gasteiger partial charge on any atom is -0.476 e. The van der Waals surface area contributed by atoms with Gasteiger partial charge in [0, 0.05) is 13.1 Å². The van der Waals surface area contributed by atoms with Gasteiger partial charge in [0.2, 0.25) is 10.0 Å². The van der Waals surface area contributed by atoms with Gasteiger partial charge in [0.15, 0.2) is 5.60 Å². The smallest absolute Gasteiger partial charge is 0.416 e. The molecule has 7 nitrogen and oxygen atoms in total. The van der Waals surface area contributed by atoms with Crippen molar-refractivity contribution in [2.75, 3.05) is 12.9 Å². The van der Waals surface area contributed by atoms with Crippen molar-refractivity contribution < 1.29 is 40.6 Å². The monoisotopic (exact) mass is 579 g/mol. The van der Waals surface area contributed by atoms with E-state index in [1.807, 2.05) is 6.92 Å². The number of esters is 1. The zero-order valence-corrected chi connectivity index (χ0v) is 23.7. The van der Waals surface area contributed by atoms with Crippen LogP contribution in [0.5, 0.6) is 17.2 Å². The van der Waals surface area contributed by atoms with Crippen LogP contribution in [0.1, 0.15) is 43.0 Å². The van der Waals surface area contributed by atoms with Crippen molar-refractivity contribution in [3.05, 3.63) is 89.0 Å². The van der Waals surface area contributed by atoms with E-state index in [0.29, 0.717) is 28.4 Å². The zero-order valence-electron chi connectivity index (χ0n) is 22.9. The lowest BCUT2D eigenvalue weighted by atomic mass is 10.1. The first-order valence-electron chi connectivity index (χ1n) is 12.4. The second kappa shape index (κ2) is 12.3. The summed E-state index contributed by atoms with van der Waals surface area (Å²) < 4.78 is 81.6. The van der Waals surface area contributed by atoms with E-state index in [1.165, 1.54) is 16.4 Å². The Balaban J connectivity index is 1.73. The number of carbonyl (C=O) groups is 1. The molecule has 0 aliphatic rings. The number of alkyl halides is 3. The highest BCUT2D eigenvalue weighted by atomic mass is 32.2. The molecule has 0 heterocycles. The molecular formula is C29H32F3NO6S. The lowest BCUT2D eigenvalue weighted by Gasteiger charge is -2.25. The summed E-state index contributed by atoms with van der Waals surface area (Å²) in [6.45, 7) is 6.92. The minimum atomic E-state index is -4.47. The quantitative estimate of drug-likeness (QED) is 0.242. The Morgan fingerprint density at radius 1 is 0.900 bits per heavy atom. The largest absolute Gasteiger partial charge is 0.476 e. The van der Waals surface area contributed by atoms with E-state index >= 15 is 0 Å². The summed E-state index contributed by atoms with van der Waals surface area (Å²) in [5.74, 6) is 0.972. The van der Waals surface area contributed by atoms with Crippen molar-refractivity contribution in [2.45, 2.75) is 52.6 Å². The fourth-order valence-electron chi connectivity index (χ4n) is 3.76. The number of nitrogens with zero attached hydrogens (tertiary/aromatic N) is 1. The number of ether oxygens (including phenoxy) is 3. The zero-order chi connectivity index (χ0) is 29.7. The number of hydrogen-bond acceptors (Lipinski definition) is 6. The Bertz CT molecular complexity index is 1440. The minimum absolute atomic E-state index is 0.00813. The molecule has 0 unspecified atom stereocenters. The van der Waals surface area contributed by atoms with E-state index in [4.69, 9.17) is 14.2 Å². The van der Waals surface area contributed by atoms with Crippen LogP contribution in [0.25, 0.3) is 0 Å². The number of benzene rings is 3. The first-order valence-corrected chi connectivity index (χ1v) is 14.3. The van der Waals surface area contributed by atoms with Crippen molar-refractivity contribution >= 4 is 16.0 Å². The maximum absolute atomic E-state index is 12.9. The topological polar surface area (TPSA) is 82.1 Å². The molecule has 0 atom stereocenters. The molecule has 40 heavy (non-hydrogen) atoms. The molecule has 0 aromatic heterocycles. The maximum Gasteiger partial charge on any atom is 0.416 e. The third-order valence-electron chi connectivity index (χ3n) is 5.88. The van der Waals surface area contributed by atoms with E-state index in [2.05, 4.69) is 0 Å². The molecule has 0 amide bonds. The molecule has 3 rings (SSSR count). The van der Waals surface area contributed by atoms with Crippen LogP contribution < -0.4 is 9.47 Å². The molecule has 0 aliphatic heterocycles. The SMILES string of the molecule is CCOC(=O)C(C)(C)Oc1ccc(Oc2cccc(CN(Cc3ccc(C(F)(F)F)cc3)S(C)(=O)=O)c2)cc1C. The molecule has 0 saturated carbocycles. The Labute approximate surface area is 232 Å². The summed E-state index contributed by atoms with van der Waals surface area (Å²) >= 11 is 0. The molecule has 3 aromatic carbocycles. The van der Waals surface area contributed by atoms with Crippen LogP contribution in [0.2, 0.25) is 0 Å². The van der Waals surface area contributed by atoms with Crippen molar-refractivity contribution in [1.82, 2.24) is 4.31 Å². The van der Waals surface area contributed by atoms with Crippen LogP contribution in [0, 0.1) is 6.92 Å². The summed E-state index contributed by atoms with van der Waals surface area (Å²) in [6.07, 6.45) is -3.42. The Hall–Kier alpha value is -3.57. The molecule has 0 bridgehead atoms. The maximum atomic E-state index is 12.9. The van der Waals surface area contributed by atoms with Gasteiger partial charge < -0.3 is 14.2 Å². The van der Waals surface area contributed by atoms with E-state index in [-0.39, 0.29) is 19.7 Å². The standard InChI is InChI=1S/C29H32F3NO6S/c1-6-37-27(34)28(3,4)39-26-15-14-25(16-20(26)2)38-24-9-7-8-22(17-24)19-33(40(5,35)36)18-21-10-12-23(13-11-21)29(30,31)32/h7-17H,6,18-19H2,1-5H3. The molecule has 0 N–H and O–H groups in total. The lowest BCUT2D eigenvalue weighted by molar-refractivity contribution is -0.158. The summed E-state index contributed by atoms with van der Waals surface area (Å²) in [7, 11) is -3.68. The van der Waals surface area contributed by atoms with Crippen LogP contribution in [0.4, 0.5) is 13.2 Å². The van der Waals surface area contributed by atoms with Gasteiger partial charge in [-0.25, -0.2) is 13.2 Å². The molecule has 0 fully saturated rings. The molecule has 0 saturated heterocycles. The van der Waals surface area contributed by atoms with E-state index in [9.17, 15) is 26.4 Å². The normalized spacial score (nSPS) is 12.3. The summed E-state index contributed by atoms with van der Waals surface area (Å²) in [5, 5.41) is 0. The van der Waals surface area contributed by atoms with Gasteiger partial charge in [-0.05, 0) is 86.8 Å². The second-order valence-corrected chi connectivity index (χ2v) is 11.7. The van der Waals surface area contributed by atoms with Crippen molar-refractivity contribution in [2.24, 2.45) is 0 Å². The first-order chi connectivity index (χ1) is 18.6. The highest BCUT2D eigenvalue weighted by molar-refractivity contribution is 7.88. The summed E-state index contributed by atoms with van der Waals surface area (Å²) in [6, 6.07) is 16.4. The third kappa shape index (κ3) is 8.46. The Morgan fingerprint density at radius 3 is 2.10 bits per heavy atom. The van der Waals surface area contributed by atoms with Crippen molar-refractivity contribution in [3.63, 3.8) is 0 Å². The van der Waals surface area contributed by atoms with Crippen molar-refractivity contribution in [1.29, 1.82) is 0 Å². The van der Waals surface area contributed by atoms with E-state index in [0.717, 1.165) is 24.0 Å². The molecular weight excluding hydrogens is 547 g/mol. The van der Waals surface area contributed by atoms with Gasteiger partial charge in [0.05, 0.1) is 18.4 Å². The average Bonchev–Trinajstić information content (AvgIpc) is 2.85. The number of halogens is 3. The number of rotatable bonds is 11. The highest BCUT2D eigenvalue weighted by Gasteiger charge is 2.32. The number of hydrogen-bond donors (Lipinski definition) is 0. The van der Waals surface area contributed by atoms with Gasteiger partial charge in [0.25, 0.3) is 0 Å². The highest BCUT2D eigenvalue weighted by Crippen LogP contribution is 2.31. The van der Waals surface area contributed by atoms with Crippen LogP contribution in [0.3, 0.4) is 0 Å². The lowest BCUT2D eigenvalue weighted by Crippen LogP contribution is -2.39. The summed E-state index contributed by atoms with van der Waals surface area (Å²) in [4.78, 5) is 12.2. The molecule has 0 spiro atoms. The van der Waals surface area contributed by atoms with Gasteiger partial charge in [-0.15, -0.1) is 0 Å². The van der Waals surface area contributed by atoms with E-state index < -0.39 is 33.3 Å². The molecule has 11 heteroatoms. The van der Waals surface area contributed by atoms with Crippen LogP contribution >= 0.6 is 0 Å². The fourth-order valence-corrected chi connectivity index (χ4v) is 4.53. The fraction of sp³-hybridized carbons (Fsp3) is 0.345. The summed E-state index contributed by atoms with van der Waals surface area (Å²) in [5.41, 5.74) is -0.198. The molecule has 0 radical (unpaired) electrons. The van der Waals surface area contributed by atoms with Gasteiger partial charge >= 0.3 is 12.1 Å². The van der Waals surface area contributed by atoms with Gasteiger partial charge in [-0.1, -0.05) is 24.3 Å².